The van der Waals surface area contributed by atoms with Gasteiger partial charge in [-0.2, -0.15) is 0 Å². The molecule has 1 rings (SSSR count). The van der Waals surface area contributed by atoms with Crippen LogP contribution in [0.5, 0.6) is 0 Å². The quantitative estimate of drug-likeness (QED) is 0.665. The Kier molecular flexibility index (Phi) is 3.62. The molecule has 5 heteroatoms. The van der Waals surface area contributed by atoms with E-state index in [2.05, 4.69) is 28.8 Å². The first-order valence-electron chi connectivity index (χ1n) is 4.57. The normalized spacial score (nSPS) is 10.6. The molecule has 0 aliphatic carbocycles. The third-order valence-electron chi connectivity index (χ3n) is 1.79. The first kappa shape index (κ1) is 10.7. The number of ether oxygens (including phenoxy) is 1. The number of rotatable bonds is 4. The van der Waals surface area contributed by atoms with Crippen LogP contribution in [0.25, 0.3) is 0 Å². The van der Waals surface area contributed by atoms with Crippen molar-refractivity contribution in [1.29, 1.82) is 0 Å². The van der Waals surface area contributed by atoms with Crippen molar-refractivity contribution in [3.05, 3.63) is 12.2 Å². The molecule has 78 valence electrons. The summed E-state index contributed by atoms with van der Waals surface area (Å²) in [6, 6.07) is 0. The van der Waals surface area contributed by atoms with Crippen molar-refractivity contribution in [3.63, 3.8) is 0 Å². The highest BCUT2D eigenvalue weighted by molar-refractivity contribution is 5.71. The van der Waals surface area contributed by atoms with Gasteiger partial charge in [0.1, 0.15) is 18.6 Å². The summed E-state index contributed by atoms with van der Waals surface area (Å²) in [5.41, 5.74) is 0. The Balaban J connectivity index is 2.67. The van der Waals surface area contributed by atoms with Gasteiger partial charge in [0.2, 0.25) is 0 Å². The second-order valence-corrected chi connectivity index (χ2v) is 3.55. The largest absolute Gasteiger partial charge is 0.469 e. The van der Waals surface area contributed by atoms with Crippen molar-refractivity contribution in [3.8, 4) is 0 Å². The molecule has 0 spiro atoms. The summed E-state index contributed by atoms with van der Waals surface area (Å²) in [7, 11) is 1.37. The van der Waals surface area contributed by atoms with Crippen molar-refractivity contribution in [1.82, 2.24) is 14.8 Å². The van der Waals surface area contributed by atoms with Crippen molar-refractivity contribution < 1.29 is 9.53 Å². The SMILES string of the molecule is COC(=O)Cc1nncn1CC(C)C. The molecule has 0 radical (unpaired) electrons. The van der Waals surface area contributed by atoms with Gasteiger partial charge < -0.3 is 9.30 Å². The van der Waals surface area contributed by atoms with Crippen LogP contribution in [0.1, 0.15) is 19.7 Å². The van der Waals surface area contributed by atoms with E-state index < -0.39 is 0 Å². The molecule has 0 fully saturated rings. The monoisotopic (exact) mass is 197 g/mol. The lowest BCUT2D eigenvalue weighted by Crippen LogP contribution is -2.13. The van der Waals surface area contributed by atoms with E-state index in [1.54, 1.807) is 6.33 Å². The standard InChI is InChI=1S/C9H15N3O2/c1-7(2)5-12-6-10-11-8(12)4-9(13)14-3/h6-7H,4-5H2,1-3H3. The van der Waals surface area contributed by atoms with Crippen LogP contribution in [0.4, 0.5) is 0 Å². The van der Waals surface area contributed by atoms with E-state index in [1.165, 1.54) is 7.11 Å². The highest BCUT2D eigenvalue weighted by Crippen LogP contribution is 2.03. The maximum absolute atomic E-state index is 11.0. The Morgan fingerprint density at radius 3 is 2.93 bits per heavy atom. The second kappa shape index (κ2) is 4.74. The number of nitrogens with zero attached hydrogens (tertiary/aromatic N) is 3. The van der Waals surface area contributed by atoms with Crippen LogP contribution in [0.15, 0.2) is 6.33 Å². The number of carbonyl (C=O) groups excluding carboxylic acids is 1. The number of esters is 1. The van der Waals surface area contributed by atoms with Crippen LogP contribution in [0, 0.1) is 5.92 Å². The van der Waals surface area contributed by atoms with E-state index in [1.807, 2.05) is 4.57 Å². The lowest BCUT2D eigenvalue weighted by atomic mass is 10.2. The van der Waals surface area contributed by atoms with Gasteiger partial charge in [0, 0.05) is 6.54 Å². The molecule has 0 aliphatic rings. The van der Waals surface area contributed by atoms with Crippen LogP contribution in [0.3, 0.4) is 0 Å². The number of hydrogen-bond donors (Lipinski definition) is 0. The van der Waals surface area contributed by atoms with Crippen molar-refractivity contribution in [2.45, 2.75) is 26.8 Å². The second-order valence-electron chi connectivity index (χ2n) is 3.55. The number of aromatic nitrogens is 3. The molecule has 0 unspecified atom stereocenters. The van der Waals surface area contributed by atoms with Gasteiger partial charge in [-0.25, -0.2) is 0 Å². The summed E-state index contributed by atoms with van der Waals surface area (Å²) in [5.74, 6) is 0.871. The van der Waals surface area contributed by atoms with Crippen molar-refractivity contribution >= 4 is 5.97 Å². The summed E-state index contributed by atoms with van der Waals surface area (Å²) in [4.78, 5) is 11.0. The van der Waals surface area contributed by atoms with E-state index in [4.69, 9.17) is 0 Å². The molecular formula is C9H15N3O2. The Hall–Kier alpha value is -1.39. The Morgan fingerprint density at radius 1 is 1.64 bits per heavy atom. The zero-order valence-corrected chi connectivity index (χ0v) is 8.73. The molecule has 0 aliphatic heterocycles. The molecule has 0 N–H and O–H groups in total. The first-order valence-corrected chi connectivity index (χ1v) is 4.57. The van der Waals surface area contributed by atoms with Gasteiger partial charge in [0.15, 0.2) is 0 Å². The van der Waals surface area contributed by atoms with Gasteiger partial charge in [0.25, 0.3) is 0 Å². The molecular weight excluding hydrogens is 182 g/mol. The summed E-state index contributed by atoms with van der Waals surface area (Å²) < 4.78 is 6.44. The molecule has 0 aromatic carbocycles. The van der Waals surface area contributed by atoms with Gasteiger partial charge in [-0.15, -0.1) is 10.2 Å². The predicted octanol–water partition coefficient (Wildman–Crippen LogP) is 0.650. The van der Waals surface area contributed by atoms with E-state index >= 15 is 0 Å². The Labute approximate surface area is 83.1 Å². The zero-order chi connectivity index (χ0) is 10.6. The molecule has 0 bridgehead atoms. The summed E-state index contributed by atoms with van der Waals surface area (Å²) >= 11 is 0. The molecule has 0 saturated carbocycles. The summed E-state index contributed by atoms with van der Waals surface area (Å²) in [6.45, 7) is 5.02. The highest BCUT2D eigenvalue weighted by atomic mass is 16.5. The lowest BCUT2D eigenvalue weighted by molar-refractivity contribution is -0.140. The minimum Gasteiger partial charge on any atom is -0.469 e. The first-order chi connectivity index (χ1) is 6.63. The Morgan fingerprint density at radius 2 is 2.36 bits per heavy atom. The number of hydrogen-bond acceptors (Lipinski definition) is 4. The highest BCUT2D eigenvalue weighted by Gasteiger charge is 2.10. The summed E-state index contributed by atoms with van der Waals surface area (Å²) in [5, 5.41) is 7.64. The fourth-order valence-electron chi connectivity index (χ4n) is 1.16. The van der Waals surface area contributed by atoms with Crippen LogP contribution in [-0.4, -0.2) is 27.8 Å². The van der Waals surface area contributed by atoms with Gasteiger partial charge in [-0.1, -0.05) is 13.8 Å². The molecule has 14 heavy (non-hydrogen) atoms. The average Bonchev–Trinajstić information content (AvgIpc) is 2.52. The maximum Gasteiger partial charge on any atom is 0.313 e. The third-order valence-corrected chi connectivity index (χ3v) is 1.79. The predicted molar refractivity (Wildman–Crippen MR) is 50.6 cm³/mol. The molecule has 0 atom stereocenters. The summed E-state index contributed by atoms with van der Waals surface area (Å²) in [6.07, 6.45) is 1.82. The van der Waals surface area contributed by atoms with Crippen molar-refractivity contribution in [2.24, 2.45) is 5.92 Å². The van der Waals surface area contributed by atoms with E-state index in [-0.39, 0.29) is 12.4 Å². The topological polar surface area (TPSA) is 57.0 Å². The maximum atomic E-state index is 11.0. The smallest absolute Gasteiger partial charge is 0.313 e. The van der Waals surface area contributed by atoms with Gasteiger partial charge in [0.05, 0.1) is 7.11 Å². The molecule has 1 heterocycles. The average molecular weight is 197 g/mol. The Bertz CT molecular complexity index is 307. The van der Waals surface area contributed by atoms with E-state index in [0.29, 0.717) is 11.7 Å². The zero-order valence-electron chi connectivity index (χ0n) is 8.73. The third kappa shape index (κ3) is 2.83. The van der Waals surface area contributed by atoms with Crippen LogP contribution in [-0.2, 0) is 22.5 Å². The van der Waals surface area contributed by atoms with Crippen LogP contribution in [0.2, 0.25) is 0 Å². The van der Waals surface area contributed by atoms with E-state index in [0.717, 1.165) is 6.54 Å². The minimum atomic E-state index is -0.289. The number of methoxy groups -OCH3 is 1. The molecule has 5 nitrogen and oxygen atoms in total. The minimum absolute atomic E-state index is 0.184. The number of carbonyl (C=O) groups is 1. The fourth-order valence-corrected chi connectivity index (χ4v) is 1.16. The van der Waals surface area contributed by atoms with Crippen LogP contribution >= 0.6 is 0 Å². The van der Waals surface area contributed by atoms with Crippen molar-refractivity contribution in [2.75, 3.05) is 7.11 Å². The molecule has 1 aromatic heterocycles. The molecule has 0 amide bonds. The van der Waals surface area contributed by atoms with Gasteiger partial charge >= 0.3 is 5.97 Å². The van der Waals surface area contributed by atoms with E-state index in [9.17, 15) is 4.79 Å². The van der Waals surface area contributed by atoms with Gasteiger partial charge in [-0.05, 0) is 5.92 Å². The van der Waals surface area contributed by atoms with Crippen LogP contribution < -0.4 is 0 Å². The fraction of sp³-hybridized carbons (Fsp3) is 0.667. The lowest BCUT2D eigenvalue weighted by Gasteiger charge is -2.07. The molecule has 1 aromatic rings. The molecule has 0 saturated heterocycles. The van der Waals surface area contributed by atoms with Gasteiger partial charge in [-0.3, -0.25) is 4.79 Å².